The van der Waals surface area contributed by atoms with E-state index >= 15 is 0 Å². The topological polar surface area (TPSA) is 81.0 Å². The summed E-state index contributed by atoms with van der Waals surface area (Å²) in [5.74, 6) is 1.04. The number of benzene rings is 2. The van der Waals surface area contributed by atoms with Gasteiger partial charge in [-0.1, -0.05) is 24.8 Å². The lowest BCUT2D eigenvalue weighted by molar-refractivity contribution is 0.100. The average molecular weight is 293 g/mol. The molecule has 3 rings (SSSR count). The third-order valence-electron chi connectivity index (χ3n) is 3.26. The Kier molecular flexibility index (Phi) is 3.62. The highest BCUT2D eigenvalue weighted by Gasteiger charge is 2.07. The van der Waals surface area contributed by atoms with E-state index in [1.165, 1.54) is 0 Å². The quantitative estimate of drug-likeness (QED) is 0.710. The van der Waals surface area contributed by atoms with Crippen molar-refractivity contribution in [3.63, 3.8) is 0 Å². The van der Waals surface area contributed by atoms with Crippen LogP contribution in [0.5, 0.6) is 5.75 Å². The molecule has 3 N–H and O–H groups in total. The van der Waals surface area contributed by atoms with Crippen LogP contribution in [0.4, 0.5) is 0 Å². The van der Waals surface area contributed by atoms with Crippen molar-refractivity contribution in [3.8, 4) is 17.1 Å². The number of hydrogen-bond acceptors (Lipinski definition) is 3. The van der Waals surface area contributed by atoms with Crippen molar-refractivity contribution in [2.45, 2.75) is 0 Å². The summed E-state index contributed by atoms with van der Waals surface area (Å²) in [6.45, 7) is 4.08. The molecule has 22 heavy (non-hydrogen) atoms. The first-order valence-corrected chi connectivity index (χ1v) is 6.81. The molecule has 0 spiro atoms. The number of nitrogens with zero attached hydrogens (tertiary/aromatic N) is 1. The highest BCUT2D eigenvalue weighted by atomic mass is 16.5. The summed E-state index contributed by atoms with van der Waals surface area (Å²) in [6.07, 6.45) is 1.70. The van der Waals surface area contributed by atoms with Gasteiger partial charge in [0.25, 0.3) is 0 Å². The summed E-state index contributed by atoms with van der Waals surface area (Å²) in [5.41, 5.74) is 8.33. The monoisotopic (exact) mass is 293 g/mol. The van der Waals surface area contributed by atoms with Crippen molar-refractivity contribution in [2.24, 2.45) is 5.73 Å². The number of rotatable bonds is 5. The number of carbonyl (C=O) groups excluding carboxylic acids is 1. The van der Waals surface area contributed by atoms with Crippen LogP contribution in [0.3, 0.4) is 0 Å². The second-order valence-corrected chi connectivity index (χ2v) is 4.81. The molecule has 0 bridgehead atoms. The smallest absolute Gasteiger partial charge is 0.248 e. The number of hydrogen-bond donors (Lipinski definition) is 2. The van der Waals surface area contributed by atoms with Gasteiger partial charge in [0.05, 0.1) is 11.0 Å². The standard InChI is InChI=1S/C17H15N3O2/c1-2-9-22-13-7-8-14-15(10-13)20-17(19-14)12-5-3-11(4-6-12)16(18)21/h2-8,10H,1,9H2,(H2,18,21)(H,19,20). The number of nitrogens with one attached hydrogen (secondary N) is 1. The Morgan fingerprint density at radius 3 is 2.73 bits per heavy atom. The van der Waals surface area contributed by atoms with Crippen molar-refractivity contribution in [1.82, 2.24) is 9.97 Å². The minimum absolute atomic E-state index is 0.444. The van der Waals surface area contributed by atoms with Gasteiger partial charge in [0, 0.05) is 17.2 Å². The van der Waals surface area contributed by atoms with E-state index in [1.807, 2.05) is 30.3 Å². The highest BCUT2D eigenvalue weighted by Crippen LogP contribution is 2.24. The molecular formula is C17H15N3O2. The lowest BCUT2D eigenvalue weighted by atomic mass is 10.1. The zero-order valence-electron chi connectivity index (χ0n) is 11.9. The van der Waals surface area contributed by atoms with Crippen molar-refractivity contribution < 1.29 is 9.53 Å². The van der Waals surface area contributed by atoms with Crippen LogP contribution in [-0.2, 0) is 0 Å². The van der Waals surface area contributed by atoms with Gasteiger partial charge in [0.15, 0.2) is 0 Å². The predicted octanol–water partition coefficient (Wildman–Crippen LogP) is 2.89. The summed E-state index contributed by atoms with van der Waals surface area (Å²) < 4.78 is 5.50. The van der Waals surface area contributed by atoms with Crippen molar-refractivity contribution in [1.29, 1.82) is 0 Å². The number of nitrogens with two attached hydrogens (primary N) is 1. The van der Waals surface area contributed by atoms with Gasteiger partial charge >= 0.3 is 0 Å². The lowest BCUT2D eigenvalue weighted by Gasteiger charge is -2.01. The maximum Gasteiger partial charge on any atom is 0.248 e. The Hall–Kier alpha value is -3.08. The molecule has 110 valence electrons. The average Bonchev–Trinajstić information content (AvgIpc) is 2.96. The van der Waals surface area contributed by atoms with E-state index in [2.05, 4.69) is 16.5 Å². The van der Waals surface area contributed by atoms with Gasteiger partial charge in [-0.25, -0.2) is 4.98 Å². The molecule has 0 aliphatic carbocycles. The third-order valence-corrected chi connectivity index (χ3v) is 3.26. The summed E-state index contributed by atoms with van der Waals surface area (Å²) >= 11 is 0. The summed E-state index contributed by atoms with van der Waals surface area (Å²) in [5, 5.41) is 0. The Labute approximate surface area is 127 Å². The fourth-order valence-corrected chi connectivity index (χ4v) is 2.16. The number of amides is 1. The van der Waals surface area contributed by atoms with Crippen molar-refractivity contribution in [3.05, 3.63) is 60.7 Å². The Morgan fingerprint density at radius 2 is 2.05 bits per heavy atom. The van der Waals surface area contributed by atoms with E-state index in [0.717, 1.165) is 28.2 Å². The fourth-order valence-electron chi connectivity index (χ4n) is 2.16. The zero-order valence-corrected chi connectivity index (χ0v) is 11.9. The van der Waals surface area contributed by atoms with Gasteiger partial charge in [0.2, 0.25) is 5.91 Å². The first kappa shape index (κ1) is 13.9. The Morgan fingerprint density at radius 1 is 1.27 bits per heavy atom. The largest absolute Gasteiger partial charge is 0.489 e. The van der Waals surface area contributed by atoms with Crippen molar-refractivity contribution >= 4 is 16.9 Å². The molecule has 1 heterocycles. The molecule has 2 aromatic carbocycles. The number of primary amides is 1. The highest BCUT2D eigenvalue weighted by molar-refractivity contribution is 5.93. The SMILES string of the molecule is C=CCOc1ccc2nc(-c3ccc(C(N)=O)cc3)[nH]c2c1. The molecule has 0 saturated carbocycles. The molecule has 5 heteroatoms. The molecule has 3 aromatic rings. The van der Waals surface area contributed by atoms with Crippen molar-refractivity contribution in [2.75, 3.05) is 6.61 Å². The number of fused-ring (bicyclic) bond motifs is 1. The first-order chi connectivity index (χ1) is 10.7. The zero-order chi connectivity index (χ0) is 15.5. The minimum atomic E-state index is -0.444. The second-order valence-electron chi connectivity index (χ2n) is 4.81. The van der Waals surface area contributed by atoms with Gasteiger partial charge in [-0.3, -0.25) is 4.79 Å². The maximum atomic E-state index is 11.1. The molecule has 0 fully saturated rings. The summed E-state index contributed by atoms with van der Waals surface area (Å²) in [7, 11) is 0. The van der Waals surface area contributed by atoms with E-state index in [-0.39, 0.29) is 0 Å². The van der Waals surface area contributed by atoms with Gasteiger partial charge in [-0.15, -0.1) is 0 Å². The van der Waals surface area contributed by atoms with Gasteiger partial charge < -0.3 is 15.5 Å². The lowest BCUT2D eigenvalue weighted by Crippen LogP contribution is -2.10. The van der Waals surface area contributed by atoms with Gasteiger partial charge in [0.1, 0.15) is 18.2 Å². The molecule has 0 atom stereocenters. The molecule has 0 unspecified atom stereocenters. The Balaban J connectivity index is 1.93. The molecule has 1 amide bonds. The number of aromatic nitrogens is 2. The summed E-state index contributed by atoms with van der Waals surface area (Å²) in [6, 6.07) is 12.7. The first-order valence-electron chi connectivity index (χ1n) is 6.81. The van der Waals surface area contributed by atoms with Crippen LogP contribution in [0.2, 0.25) is 0 Å². The molecule has 0 aliphatic rings. The van der Waals surface area contributed by atoms with Crippen LogP contribution in [0.25, 0.3) is 22.4 Å². The molecule has 0 aliphatic heterocycles. The van der Waals surface area contributed by atoms with Gasteiger partial charge in [-0.2, -0.15) is 0 Å². The van der Waals surface area contributed by atoms with Crippen LogP contribution in [0.1, 0.15) is 10.4 Å². The maximum absolute atomic E-state index is 11.1. The van der Waals surface area contributed by atoms with E-state index in [4.69, 9.17) is 10.5 Å². The number of carbonyl (C=O) groups is 1. The van der Waals surface area contributed by atoms with Crippen LogP contribution in [0.15, 0.2) is 55.1 Å². The minimum Gasteiger partial charge on any atom is -0.489 e. The van der Waals surface area contributed by atoms with E-state index in [1.54, 1.807) is 18.2 Å². The second kappa shape index (κ2) is 5.73. The molecule has 1 aromatic heterocycles. The molecular weight excluding hydrogens is 278 g/mol. The number of H-pyrrole nitrogens is 1. The third kappa shape index (κ3) is 2.69. The fraction of sp³-hybridized carbons (Fsp3) is 0.0588. The molecule has 0 saturated heterocycles. The normalized spacial score (nSPS) is 10.5. The Bertz CT molecular complexity index is 835. The van der Waals surface area contributed by atoms with Gasteiger partial charge in [-0.05, 0) is 24.3 Å². The predicted molar refractivity (Wildman–Crippen MR) is 85.7 cm³/mol. The van der Waals surface area contributed by atoms with Crippen LogP contribution in [-0.4, -0.2) is 22.5 Å². The van der Waals surface area contributed by atoms with E-state index in [9.17, 15) is 4.79 Å². The van der Waals surface area contributed by atoms with Crippen LogP contribution in [0, 0.1) is 0 Å². The van der Waals surface area contributed by atoms with Crippen LogP contribution < -0.4 is 10.5 Å². The molecule has 0 radical (unpaired) electrons. The van der Waals surface area contributed by atoms with E-state index in [0.29, 0.717) is 12.2 Å². The summed E-state index contributed by atoms with van der Waals surface area (Å²) in [4.78, 5) is 18.9. The number of imidazole rings is 1. The number of ether oxygens (including phenoxy) is 1. The molecule has 5 nitrogen and oxygen atoms in total. The number of aromatic amines is 1. The van der Waals surface area contributed by atoms with Crippen LogP contribution >= 0.6 is 0 Å². The van der Waals surface area contributed by atoms with E-state index < -0.39 is 5.91 Å².